The van der Waals surface area contributed by atoms with Crippen LogP contribution < -0.4 is 5.32 Å². The van der Waals surface area contributed by atoms with Crippen molar-refractivity contribution in [2.45, 2.75) is 11.8 Å². The lowest BCUT2D eigenvalue weighted by molar-refractivity contribution is -0.114. The fourth-order valence-electron chi connectivity index (χ4n) is 2.72. The SMILES string of the molecule is CC(=O)Nc1cnccc1C(=O)N1CCN(S(=O)(=O)c2ccsc2)CC1. The summed E-state index contributed by atoms with van der Waals surface area (Å²) in [6.45, 7) is 2.37. The van der Waals surface area contributed by atoms with E-state index in [9.17, 15) is 18.0 Å². The summed E-state index contributed by atoms with van der Waals surface area (Å²) < 4.78 is 26.5. The van der Waals surface area contributed by atoms with Crippen LogP contribution in [-0.4, -0.2) is 60.6 Å². The van der Waals surface area contributed by atoms with Gasteiger partial charge < -0.3 is 10.2 Å². The van der Waals surface area contributed by atoms with Crippen molar-refractivity contribution in [2.75, 3.05) is 31.5 Å². The molecule has 138 valence electrons. The Balaban J connectivity index is 1.71. The van der Waals surface area contributed by atoms with Gasteiger partial charge in [0.25, 0.3) is 5.91 Å². The predicted molar refractivity (Wildman–Crippen MR) is 97.5 cm³/mol. The van der Waals surface area contributed by atoms with Gasteiger partial charge in [0.15, 0.2) is 0 Å². The van der Waals surface area contributed by atoms with Gasteiger partial charge in [-0.15, -0.1) is 0 Å². The number of aromatic nitrogens is 1. The molecule has 0 radical (unpaired) electrons. The second-order valence-corrected chi connectivity index (χ2v) is 8.48. The van der Waals surface area contributed by atoms with E-state index in [1.54, 1.807) is 27.8 Å². The van der Waals surface area contributed by atoms with E-state index in [1.807, 2.05) is 0 Å². The third kappa shape index (κ3) is 3.76. The van der Waals surface area contributed by atoms with Crippen molar-refractivity contribution >= 4 is 38.9 Å². The Morgan fingerprint density at radius 3 is 2.54 bits per heavy atom. The van der Waals surface area contributed by atoms with Crippen molar-refractivity contribution in [2.24, 2.45) is 0 Å². The number of carbonyl (C=O) groups is 2. The van der Waals surface area contributed by atoms with Gasteiger partial charge in [-0.2, -0.15) is 15.6 Å². The van der Waals surface area contributed by atoms with Crippen LogP contribution >= 0.6 is 11.3 Å². The van der Waals surface area contributed by atoms with Crippen molar-refractivity contribution in [1.82, 2.24) is 14.2 Å². The van der Waals surface area contributed by atoms with Gasteiger partial charge in [-0.1, -0.05) is 0 Å². The Hall–Kier alpha value is -2.30. The zero-order valence-corrected chi connectivity index (χ0v) is 15.7. The smallest absolute Gasteiger partial charge is 0.256 e. The van der Waals surface area contributed by atoms with Gasteiger partial charge in [-0.25, -0.2) is 8.42 Å². The van der Waals surface area contributed by atoms with E-state index in [4.69, 9.17) is 0 Å². The van der Waals surface area contributed by atoms with Gasteiger partial charge >= 0.3 is 0 Å². The normalized spacial score (nSPS) is 15.7. The molecule has 1 saturated heterocycles. The average molecular weight is 394 g/mol. The lowest BCUT2D eigenvalue weighted by atomic mass is 10.2. The number of sulfonamides is 1. The number of hydrogen-bond donors (Lipinski definition) is 1. The standard InChI is InChI=1S/C16H18N4O4S2/c1-12(21)18-15-10-17-4-2-14(15)16(22)19-5-7-20(8-6-19)26(23,24)13-3-9-25-11-13/h2-4,9-11H,5-8H2,1H3,(H,18,21). The highest BCUT2D eigenvalue weighted by Crippen LogP contribution is 2.22. The first kappa shape index (κ1) is 18.5. The molecule has 8 nitrogen and oxygen atoms in total. The van der Waals surface area contributed by atoms with Crippen LogP contribution in [-0.2, 0) is 14.8 Å². The molecule has 3 heterocycles. The number of anilines is 1. The summed E-state index contributed by atoms with van der Waals surface area (Å²) in [7, 11) is -3.52. The number of piperazine rings is 1. The number of pyridine rings is 1. The van der Waals surface area contributed by atoms with Crippen molar-refractivity contribution in [3.63, 3.8) is 0 Å². The predicted octanol–water partition coefficient (Wildman–Crippen LogP) is 1.25. The number of nitrogens with one attached hydrogen (secondary N) is 1. The van der Waals surface area contributed by atoms with Crippen molar-refractivity contribution in [1.29, 1.82) is 0 Å². The number of amides is 2. The van der Waals surface area contributed by atoms with E-state index in [0.717, 1.165) is 0 Å². The minimum Gasteiger partial charge on any atom is -0.336 e. The molecule has 0 unspecified atom stereocenters. The van der Waals surface area contributed by atoms with E-state index in [-0.39, 0.29) is 42.9 Å². The first-order valence-corrected chi connectivity index (χ1v) is 10.3. The molecule has 1 aliphatic heterocycles. The number of nitrogens with zero attached hydrogens (tertiary/aromatic N) is 3. The number of thiophene rings is 1. The van der Waals surface area contributed by atoms with Crippen LogP contribution in [0.1, 0.15) is 17.3 Å². The van der Waals surface area contributed by atoms with E-state index >= 15 is 0 Å². The lowest BCUT2D eigenvalue weighted by Crippen LogP contribution is -2.50. The molecular formula is C16H18N4O4S2. The molecule has 1 aliphatic rings. The van der Waals surface area contributed by atoms with E-state index < -0.39 is 10.0 Å². The molecule has 10 heteroatoms. The molecule has 2 aromatic heterocycles. The number of rotatable bonds is 4. The zero-order chi connectivity index (χ0) is 18.7. The third-order valence-electron chi connectivity index (χ3n) is 4.02. The maximum absolute atomic E-state index is 12.8. The summed E-state index contributed by atoms with van der Waals surface area (Å²) in [6, 6.07) is 3.12. The highest BCUT2D eigenvalue weighted by Gasteiger charge is 2.31. The summed E-state index contributed by atoms with van der Waals surface area (Å²) in [5.41, 5.74) is 0.683. The number of carbonyl (C=O) groups excluding carboxylic acids is 2. The minimum absolute atomic E-state index is 0.227. The second kappa shape index (κ2) is 7.52. The lowest BCUT2D eigenvalue weighted by Gasteiger charge is -2.34. The second-order valence-electron chi connectivity index (χ2n) is 5.76. The first-order chi connectivity index (χ1) is 12.4. The van der Waals surface area contributed by atoms with Crippen LogP contribution in [0.15, 0.2) is 40.2 Å². The van der Waals surface area contributed by atoms with Crippen molar-refractivity contribution < 1.29 is 18.0 Å². The van der Waals surface area contributed by atoms with Crippen LogP contribution in [0.2, 0.25) is 0 Å². The molecule has 0 bridgehead atoms. The Morgan fingerprint density at radius 2 is 1.92 bits per heavy atom. The average Bonchev–Trinajstić information content (AvgIpc) is 3.17. The van der Waals surface area contributed by atoms with Crippen LogP contribution in [0.3, 0.4) is 0 Å². The van der Waals surface area contributed by atoms with E-state index in [1.165, 1.54) is 35.0 Å². The summed E-state index contributed by atoms with van der Waals surface area (Å²) in [4.78, 5) is 29.9. The van der Waals surface area contributed by atoms with Crippen molar-refractivity contribution in [3.05, 3.63) is 40.8 Å². The van der Waals surface area contributed by atoms with E-state index in [2.05, 4.69) is 10.3 Å². The maximum Gasteiger partial charge on any atom is 0.256 e. The Kier molecular flexibility index (Phi) is 5.35. The number of hydrogen-bond acceptors (Lipinski definition) is 6. The quantitative estimate of drug-likeness (QED) is 0.841. The topological polar surface area (TPSA) is 99.7 Å². The molecule has 1 fully saturated rings. The van der Waals surface area contributed by atoms with Gasteiger partial charge in [0.1, 0.15) is 0 Å². The van der Waals surface area contributed by atoms with Crippen LogP contribution in [0.4, 0.5) is 5.69 Å². The maximum atomic E-state index is 12.8. The molecule has 2 aromatic rings. The molecule has 0 aliphatic carbocycles. The molecule has 26 heavy (non-hydrogen) atoms. The molecule has 3 rings (SSSR count). The van der Waals surface area contributed by atoms with Crippen LogP contribution in [0.25, 0.3) is 0 Å². The molecule has 0 spiro atoms. The third-order valence-corrected chi connectivity index (χ3v) is 6.75. The van der Waals surface area contributed by atoms with E-state index in [0.29, 0.717) is 11.3 Å². The van der Waals surface area contributed by atoms with Crippen molar-refractivity contribution in [3.8, 4) is 0 Å². The molecule has 2 amide bonds. The summed E-state index contributed by atoms with van der Waals surface area (Å²) in [5.74, 6) is -0.553. The highest BCUT2D eigenvalue weighted by molar-refractivity contribution is 7.89. The summed E-state index contributed by atoms with van der Waals surface area (Å²) in [5, 5.41) is 5.91. The van der Waals surface area contributed by atoms with Gasteiger partial charge in [-0.3, -0.25) is 14.6 Å². The first-order valence-electron chi connectivity index (χ1n) is 7.93. The van der Waals surface area contributed by atoms with Crippen LogP contribution in [0.5, 0.6) is 0 Å². The molecular weight excluding hydrogens is 376 g/mol. The van der Waals surface area contributed by atoms with Gasteiger partial charge in [0.05, 0.1) is 22.3 Å². The largest absolute Gasteiger partial charge is 0.336 e. The monoisotopic (exact) mass is 394 g/mol. The molecule has 0 aromatic carbocycles. The van der Waals surface area contributed by atoms with Gasteiger partial charge in [-0.05, 0) is 17.5 Å². The van der Waals surface area contributed by atoms with Crippen LogP contribution in [0, 0.1) is 0 Å². The summed E-state index contributed by atoms with van der Waals surface area (Å²) >= 11 is 1.33. The van der Waals surface area contributed by atoms with Gasteiger partial charge in [0.2, 0.25) is 15.9 Å². The highest BCUT2D eigenvalue weighted by atomic mass is 32.2. The zero-order valence-electron chi connectivity index (χ0n) is 14.1. The van der Waals surface area contributed by atoms with Gasteiger partial charge in [0, 0.05) is 44.7 Å². The minimum atomic E-state index is -3.52. The molecule has 1 N–H and O–H groups in total. The molecule has 0 atom stereocenters. The Morgan fingerprint density at radius 1 is 1.19 bits per heavy atom. The Bertz CT molecular complexity index is 904. The molecule has 0 saturated carbocycles. The Labute approximate surface area is 155 Å². The summed E-state index contributed by atoms with van der Waals surface area (Å²) in [6.07, 6.45) is 2.90. The fraction of sp³-hybridized carbons (Fsp3) is 0.312. The fourth-order valence-corrected chi connectivity index (χ4v) is 5.16.